The fraction of sp³-hybridized carbons (Fsp3) is 0.200. The summed E-state index contributed by atoms with van der Waals surface area (Å²) in [5.41, 5.74) is 2.63. The average molecular weight is 157 g/mol. The quantitative estimate of drug-likeness (QED) is 0.610. The second kappa shape index (κ2) is 2.70. The standard InChI is InChI=1S/C10H12BN/c1-11(2)9-3-4-10-8(7-9)5-6-12-10/h3-7,12H,1-2H3. The molecule has 0 saturated carbocycles. The summed E-state index contributed by atoms with van der Waals surface area (Å²) in [4.78, 5) is 3.19. The van der Waals surface area contributed by atoms with Gasteiger partial charge < -0.3 is 4.98 Å². The van der Waals surface area contributed by atoms with Gasteiger partial charge >= 0.3 is 0 Å². The lowest BCUT2D eigenvalue weighted by molar-refractivity contribution is 1.48. The van der Waals surface area contributed by atoms with Crippen molar-refractivity contribution < 1.29 is 0 Å². The molecule has 0 aliphatic heterocycles. The van der Waals surface area contributed by atoms with Crippen LogP contribution in [0.3, 0.4) is 0 Å². The number of benzene rings is 1. The number of rotatable bonds is 1. The van der Waals surface area contributed by atoms with Crippen LogP contribution < -0.4 is 5.46 Å². The highest BCUT2D eigenvalue weighted by atomic mass is 14.7. The zero-order valence-corrected chi connectivity index (χ0v) is 7.46. The minimum atomic E-state index is 0.615. The average Bonchev–Trinajstić information content (AvgIpc) is 2.49. The molecule has 1 N–H and O–H groups in total. The van der Waals surface area contributed by atoms with Crippen LogP contribution in [0.25, 0.3) is 10.9 Å². The first-order valence-electron chi connectivity index (χ1n) is 4.34. The molecule has 0 fully saturated rings. The summed E-state index contributed by atoms with van der Waals surface area (Å²) in [6.45, 7) is 5.05. The maximum Gasteiger partial charge on any atom is 0.169 e. The lowest BCUT2D eigenvalue weighted by Gasteiger charge is -2.01. The molecule has 0 unspecified atom stereocenters. The van der Waals surface area contributed by atoms with E-state index in [2.05, 4.69) is 42.9 Å². The topological polar surface area (TPSA) is 15.8 Å². The van der Waals surface area contributed by atoms with Crippen LogP contribution in [0.4, 0.5) is 0 Å². The second-order valence-electron chi connectivity index (χ2n) is 3.48. The highest BCUT2D eigenvalue weighted by Gasteiger charge is 2.03. The summed E-state index contributed by atoms with van der Waals surface area (Å²) >= 11 is 0. The van der Waals surface area contributed by atoms with E-state index >= 15 is 0 Å². The van der Waals surface area contributed by atoms with E-state index in [0.717, 1.165) is 0 Å². The van der Waals surface area contributed by atoms with E-state index in [1.54, 1.807) is 0 Å². The Morgan fingerprint density at radius 3 is 2.75 bits per heavy atom. The summed E-state index contributed by atoms with van der Waals surface area (Å²) in [5.74, 6) is 0. The van der Waals surface area contributed by atoms with Gasteiger partial charge in [-0.25, -0.2) is 0 Å². The molecule has 0 atom stereocenters. The highest BCUT2D eigenvalue weighted by molar-refractivity contribution is 6.70. The predicted octanol–water partition coefficient (Wildman–Crippen LogP) is 2.13. The second-order valence-corrected chi connectivity index (χ2v) is 3.48. The Bertz CT molecular complexity index is 389. The molecule has 1 nitrogen and oxygen atoms in total. The summed E-state index contributed by atoms with van der Waals surface area (Å²) in [6.07, 6.45) is 1.98. The van der Waals surface area contributed by atoms with Gasteiger partial charge in [0.25, 0.3) is 0 Å². The molecule has 0 radical (unpaired) electrons. The monoisotopic (exact) mass is 157 g/mol. The fourth-order valence-electron chi connectivity index (χ4n) is 1.43. The van der Waals surface area contributed by atoms with Crippen molar-refractivity contribution >= 4 is 23.1 Å². The number of aromatic nitrogens is 1. The van der Waals surface area contributed by atoms with Gasteiger partial charge in [0.05, 0.1) is 0 Å². The molecule has 0 bridgehead atoms. The van der Waals surface area contributed by atoms with Crippen LogP contribution in [-0.4, -0.2) is 11.7 Å². The van der Waals surface area contributed by atoms with Gasteiger partial charge in [-0.1, -0.05) is 31.2 Å². The summed E-state index contributed by atoms with van der Waals surface area (Å²) in [5, 5.41) is 1.31. The van der Waals surface area contributed by atoms with Gasteiger partial charge in [0.15, 0.2) is 6.71 Å². The normalized spacial score (nSPS) is 10.5. The Morgan fingerprint density at radius 2 is 2.00 bits per heavy atom. The van der Waals surface area contributed by atoms with Crippen LogP contribution in [0.15, 0.2) is 30.5 Å². The first kappa shape index (κ1) is 7.47. The molecule has 1 aromatic carbocycles. The molecule has 12 heavy (non-hydrogen) atoms. The van der Waals surface area contributed by atoms with Crippen LogP contribution in [0.5, 0.6) is 0 Å². The van der Waals surface area contributed by atoms with E-state index in [1.807, 2.05) is 6.20 Å². The Hall–Kier alpha value is -1.18. The third kappa shape index (κ3) is 1.13. The lowest BCUT2D eigenvalue weighted by Crippen LogP contribution is -2.21. The summed E-state index contributed by atoms with van der Waals surface area (Å²) in [6, 6.07) is 8.69. The Morgan fingerprint density at radius 1 is 1.17 bits per heavy atom. The van der Waals surface area contributed by atoms with E-state index < -0.39 is 0 Å². The van der Waals surface area contributed by atoms with Gasteiger partial charge in [-0.3, -0.25) is 0 Å². The van der Waals surface area contributed by atoms with E-state index in [1.165, 1.54) is 16.4 Å². The van der Waals surface area contributed by atoms with Gasteiger partial charge in [-0.15, -0.1) is 0 Å². The molecular weight excluding hydrogens is 145 g/mol. The van der Waals surface area contributed by atoms with Crippen molar-refractivity contribution in [2.75, 3.05) is 0 Å². The highest BCUT2D eigenvalue weighted by Crippen LogP contribution is 2.09. The van der Waals surface area contributed by atoms with Crippen molar-refractivity contribution in [2.24, 2.45) is 0 Å². The number of nitrogens with one attached hydrogen (secondary N) is 1. The van der Waals surface area contributed by atoms with Crippen molar-refractivity contribution in [2.45, 2.75) is 13.6 Å². The zero-order valence-electron chi connectivity index (χ0n) is 7.46. The Kier molecular flexibility index (Phi) is 1.68. The smallest absolute Gasteiger partial charge is 0.169 e. The van der Waals surface area contributed by atoms with Crippen LogP contribution >= 0.6 is 0 Å². The van der Waals surface area contributed by atoms with Crippen LogP contribution in [-0.2, 0) is 0 Å². The van der Waals surface area contributed by atoms with Crippen molar-refractivity contribution in [3.8, 4) is 0 Å². The fourth-order valence-corrected chi connectivity index (χ4v) is 1.43. The number of hydrogen-bond acceptors (Lipinski definition) is 0. The molecule has 0 aliphatic carbocycles. The van der Waals surface area contributed by atoms with Crippen LogP contribution in [0.2, 0.25) is 13.6 Å². The molecular formula is C10H12BN. The van der Waals surface area contributed by atoms with Crippen molar-refractivity contribution in [1.29, 1.82) is 0 Å². The largest absolute Gasteiger partial charge is 0.361 e. The molecule has 2 heteroatoms. The van der Waals surface area contributed by atoms with Crippen LogP contribution in [0, 0.1) is 0 Å². The first-order chi connectivity index (χ1) is 5.77. The number of hydrogen-bond donors (Lipinski definition) is 1. The molecule has 0 saturated heterocycles. The number of aromatic amines is 1. The predicted molar refractivity (Wildman–Crippen MR) is 55.4 cm³/mol. The Labute approximate surface area is 72.9 Å². The number of H-pyrrole nitrogens is 1. The third-order valence-corrected chi connectivity index (χ3v) is 2.24. The summed E-state index contributed by atoms with van der Waals surface area (Å²) < 4.78 is 0. The Balaban J connectivity index is 2.60. The molecule has 1 heterocycles. The molecule has 2 aromatic rings. The molecule has 60 valence electrons. The molecule has 0 amide bonds. The van der Waals surface area contributed by atoms with Crippen molar-refractivity contribution in [3.63, 3.8) is 0 Å². The lowest BCUT2D eigenvalue weighted by atomic mass is 9.49. The van der Waals surface area contributed by atoms with Crippen molar-refractivity contribution in [1.82, 2.24) is 4.98 Å². The number of fused-ring (bicyclic) bond motifs is 1. The maximum absolute atomic E-state index is 3.19. The summed E-state index contributed by atoms with van der Waals surface area (Å²) in [7, 11) is 0. The molecule has 1 aromatic heterocycles. The van der Waals surface area contributed by atoms with Crippen molar-refractivity contribution in [3.05, 3.63) is 30.5 Å². The van der Waals surface area contributed by atoms with Gasteiger partial charge in [-0.2, -0.15) is 0 Å². The van der Waals surface area contributed by atoms with E-state index in [-0.39, 0.29) is 0 Å². The molecule has 0 aliphatic rings. The van der Waals surface area contributed by atoms with Gasteiger partial charge in [0.1, 0.15) is 0 Å². The van der Waals surface area contributed by atoms with E-state index in [0.29, 0.717) is 6.71 Å². The molecule has 2 rings (SSSR count). The van der Waals surface area contributed by atoms with E-state index in [4.69, 9.17) is 0 Å². The maximum atomic E-state index is 3.19. The molecule has 0 spiro atoms. The minimum Gasteiger partial charge on any atom is -0.361 e. The van der Waals surface area contributed by atoms with Crippen LogP contribution in [0.1, 0.15) is 0 Å². The van der Waals surface area contributed by atoms with Gasteiger partial charge in [0.2, 0.25) is 0 Å². The van der Waals surface area contributed by atoms with E-state index in [9.17, 15) is 0 Å². The zero-order chi connectivity index (χ0) is 8.55. The van der Waals surface area contributed by atoms with Gasteiger partial charge in [0, 0.05) is 11.7 Å². The third-order valence-electron chi connectivity index (χ3n) is 2.24. The first-order valence-corrected chi connectivity index (χ1v) is 4.34. The SMILES string of the molecule is CB(C)c1ccc2[nH]ccc2c1. The van der Waals surface area contributed by atoms with Gasteiger partial charge in [-0.05, 0) is 17.5 Å². The minimum absolute atomic E-state index is 0.615.